The van der Waals surface area contributed by atoms with Crippen LogP contribution < -0.4 is 5.56 Å². The minimum atomic E-state index is -0.230. The number of nitrogens with one attached hydrogen (secondary N) is 1. The molecular weight excluding hydrogens is 209 g/mol. The summed E-state index contributed by atoms with van der Waals surface area (Å²) in [5, 5.41) is 0.467. The summed E-state index contributed by atoms with van der Waals surface area (Å²) >= 11 is 11.1. The smallest absolute Gasteiger partial charge is 0.263 e. The molecule has 68 valence electrons. The van der Waals surface area contributed by atoms with E-state index in [4.69, 9.17) is 23.2 Å². The van der Waals surface area contributed by atoms with E-state index in [9.17, 15) is 4.79 Å². The van der Waals surface area contributed by atoms with E-state index in [1.165, 1.54) is 12.3 Å². The number of pyridine rings is 1. The largest absolute Gasteiger partial charge is 0.327 e. The Morgan fingerprint density at radius 1 is 1.54 bits per heavy atom. The number of hydrogen-bond acceptors (Lipinski definition) is 1. The summed E-state index contributed by atoms with van der Waals surface area (Å²) in [6.07, 6.45) is 1.99. The van der Waals surface area contributed by atoms with Gasteiger partial charge in [0.2, 0.25) is 0 Å². The molecule has 1 rings (SSSR count). The normalized spacial score (nSPS) is 9.08. The third-order valence-electron chi connectivity index (χ3n) is 1.31. The van der Waals surface area contributed by atoms with E-state index in [2.05, 4.69) is 16.8 Å². The lowest BCUT2D eigenvalue weighted by atomic mass is 10.3. The van der Waals surface area contributed by atoms with E-state index in [-0.39, 0.29) is 5.56 Å². The van der Waals surface area contributed by atoms with Crippen LogP contribution in [0.25, 0.3) is 0 Å². The standard InChI is InChI=1S/C9H7Cl2NO/c10-4-2-1-3-7-5-8(11)6-12-9(7)13/h5-6H,2,4H2,(H,12,13). The van der Waals surface area contributed by atoms with Crippen LogP contribution in [0.1, 0.15) is 12.0 Å². The van der Waals surface area contributed by atoms with E-state index in [1.54, 1.807) is 0 Å². The fraction of sp³-hybridized carbons (Fsp3) is 0.222. The summed E-state index contributed by atoms with van der Waals surface area (Å²) in [6.45, 7) is 0. The van der Waals surface area contributed by atoms with Gasteiger partial charge in [-0.15, -0.1) is 11.6 Å². The topological polar surface area (TPSA) is 32.9 Å². The van der Waals surface area contributed by atoms with Gasteiger partial charge in [0.15, 0.2) is 0 Å². The molecule has 1 aromatic rings. The molecule has 1 aromatic heterocycles. The molecule has 0 bridgehead atoms. The lowest BCUT2D eigenvalue weighted by Gasteiger charge is -1.89. The molecule has 0 aliphatic heterocycles. The van der Waals surface area contributed by atoms with Gasteiger partial charge in [-0.2, -0.15) is 0 Å². The first-order valence-electron chi connectivity index (χ1n) is 3.67. The monoisotopic (exact) mass is 215 g/mol. The SMILES string of the molecule is O=c1[nH]cc(Cl)cc1C#CCCCl. The molecule has 13 heavy (non-hydrogen) atoms. The summed E-state index contributed by atoms with van der Waals surface area (Å²) < 4.78 is 0. The average molecular weight is 216 g/mol. The predicted molar refractivity (Wildman–Crippen MR) is 54.3 cm³/mol. The first kappa shape index (κ1) is 10.2. The third kappa shape index (κ3) is 3.14. The van der Waals surface area contributed by atoms with Crippen LogP contribution in [0.2, 0.25) is 5.02 Å². The van der Waals surface area contributed by atoms with Gasteiger partial charge in [0, 0.05) is 18.5 Å². The number of aromatic nitrogens is 1. The first-order chi connectivity index (χ1) is 6.24. The second-order valence-corrected chi connectivity index (χ2v) is 3.12. The molecule has 1 N–H and O–H groups in total. The number of hydrogen-bond donors (Lipinski definition) is 1. The lowest BCUT2D eigenvalue weighted by Crippen LogP contribution is -2.08. The van der Waals surface area contributed by atoms with Gasteiger partial charge in [-0.25, -0.2) is 0 Å². The number of alkyl halides is 1. The van der Waals surface area contributed by atoms with Crippen molar-refractivity contribution in [1.29, 1.82) is 0 Å². The highest BCUT2D eigenvalue weighted by atomic mass is 35.5. The predicted octanol–water partition coefficient (Wildman–Crippen LogP) is 2.01. The zero-order valence-electron chi connectivity index (χ0n) is 6.73. The highest BCUT2D eigenvalue weighted by Gasteiger charge is 1.95. The molecule has 0 fully saturated rings. The van der Waals surface area contributed by atoms with Crippen LogP contribution in [0.15, 0.2) is 17.1 Å². The number of aromatic amines is 1. The summed E-state index contributed by atoms with van der Waals surface area (Å²) in [7, 11) is 0. The van der Waals surface area contributed by atoms with Crippen LogP contribution >= 0.6 is 23.2 Å². The van der Waals surface area contributed by atoms with Crippen molar-refractivity contribution in [2.75, 3.05) is 5.88 Å². The van der Waals surface area contributed by atoms with E-state index in [0.717, 1.165) is 0 Å². The number of H-pyrrole nitrogens is 1. The maximum atomic E-state index is 11.1. The zero-order chi connectivity index (χ0) is 9.68. The minimum absolute atomic E-state index is 0.230. The third-order valence-corrected chi connectivity index (χ3v) is 1.72. The molecule has 0 aliphatic carbocycles. The van der Waals surface area contributed by atoms with Crippen molar-refractivity contribution < 1.29 is 0 Å². The van der Waals surface area contributed by atoms with Gasteiger partial charge < -0.3 is 4.98 Å². The molecule has 0 radical (unpaired) electrons. The van der Waals surface area contributed by atoms with Crippen molar-refractivity contribution >= 4 is 23.2 Å². The second kappa shape index (κ2) is 4.96. The van der Waals surface area contributed by atoms with Crippen molar-refractivity contribution in [3.63, 3.8) is 0 Å². The molecule has 1 heterocycles. The van der Waals surface area contributed by atoms with Crippen LogP contribution in [-0.4, -0.2) is 10.9 Å². The van der Waals surface area contributed by atoms with Gasteiger partial charge >= 0.3 is 0 Å². The van der Waals surface area contributed by atoms with Crippen LogP contribution in [0.5, 0.6) is 0 Å². The molecule has 0 atom stereocenters. The van der Waals surface area contributed by atoms with Gasteiger partial charge in [-0.1, -0.05) is 23.4 Å². The molecule has 0 aliphatic rings. The van der Waals surface area contributed by atoms with Crippen molar-refractivity contribution in [2.45, 2.75) is 6.42 Å². The molecular formula is C9H7Cl2NO. The molecule has 2 nitrogen and oxygen atoms in total. The Morgan fingerprint density at radius 2 is 2.31 bits per heavy atom. The summed E-state index contributed by atoms with van der Waals surface area (Å²) in [5.74, 6) is 5.91. The molecule has 0 spiro atoms. The molecule has 0 amide bonds. The second-order valence-electron chi connectivity index (χ2n) is 2.30. The molecule has 4 heteroatoms. The first-order valence-corrected chi connectivity index (χ1v) is 4.58. The highest BCUT2D eigenvalue weighted by molar-refractivity contribution is 6.30. The Kier molecular flexibility index (Phi) is 3.88. The Balaban J connectivity index is 2.96. The molecule has 0 saturated carbocycles. The van der Waals surface area contributed by atoms with Crippen LogP contribution in [0, 0.1) is 11.8 Å². The Morgan fingerprint density at radius 3 is 3.00 bits per heavy atom. The van der Waals surface area contributed by atoms with Gasteiger partial charge in [-0.3, -0.25) is 4.79 Å². The maximum absolute atomic E-state index is 11.1. The zero-order valence-corrected chi connectivity index (χ0v) is 8.24. The van der Waals surface area contributed by atoms with Crippen molar-refractivity contribution in [3.05, 3.63) is 33.2 Å². The summed E-state index contributed by atoms with van der Waals surface area (Å²) in [4.78, 5) is 13.6. The van der Waals surface area contributed by atoms with Crippen molar-refractivity contribution in [3.8, 4) is 11.8 Å². The van der Waals surface area contributed by atoms with E-state index < -0.39 is 0 Å². The maximum Gasteiger partial charge on any atom is 0.263 e. The van der Waals surface area contributed by atoms with Gasteiger partial charge in [0.1, 0.15) is 0 Å². The van der Waals surface area contributed by atoms with Crippen LogP contribution in [0.3, 0.4) is 0 Å². The van der Waals surface area contributed by atoms with Crippen LogP contribution in [0.4, 0.5) is 0 Å². The lowest BCUT2D eigenvalue weighted by molar-refractivity contribution is 1.22. The fourth-order valence-corrected chi connectivity index (χ4v) is 1.01. The summed E-state index contributed by atoms with van der Waals surface area (Å²) in [6, 6.07) is 1.53. The molecule has 0 aromatic carbocycles. The van der Waals surface area contributed by atoms with Crippen molar-refractivity contribution in [1.82, 2.24) is 4.98 Å². The average Bonchev–Trinajstić information content (AvgIpc) is 2.11. The van der Waals surface area contributed by atoms with E-state index in [1.807, 2.05) is 0 Å². The highest BCUT2D eigenvalue weighted by Crippen LogP contribution is 2.03. The van der Waals surface area contributed by atoms with Crippen molar-refractivity contribution in [2.24, 2.45) is 0 Å². The minimum Gasteiger partial charge on any atom is -0.327 e. The quantitative estimate of drug-likeness (QED) is 0.565. The van der Waals surface area contributed by atoms with E-state index >= 15 is 0 Å². The Hall–Kier alpha value is -0.910. The van der Waals surface area contributed by atoms with Gasteiger partial charge in [-0.05, 0) is 6.07 Å². The molecule has 0 saturated heterocycles. The van der Waals surface area contributed by atoms with E-state index in [0.29, 0.717) is 22.9 Å². The van der Waals surface area contributed by atoms with Gasteiger partial charge in [0.25, 0.3) is 5.56 Å². The Labute approximate surface area is 85.9 Å². The molecule has 0 unspecified atom stereocenters. The fourth-order valence-electron chi connectivity index (χ4n) is 0.755. The number of halogens is 2. The Bertz CT molecular complexity index is 400. The summed E-state index contributed by atoms with van der Waals surface area (Å²) in [5.41, 5.74) is 0.143. The van der Waals surface area contributed by atoms with Gasteiger partial charge in [0.05, 0.1) is 10.6 Å². The number of rotatable bonds is 1. The van der Waals surface area contributed by atoms with Crippen LogP contribution in [-0.2, 0) is 0 Å².